The van der Waals surface area contributed by atoms with Crippen molar-refractivity contribution in [1.82, 2.24) is 0 Å². The second kappa shape index (κ2) is 5.25. The smallest absolute Gasteiger partial charge is 0.258 e. The summed E-state index contributed by atoms with van der Waals surface area (Å²) in [6.45, 7) is 1.81. The monoisotopic (exact) mass is 224 g/mol. The highest BCUT2D eigenvalue weighted by atomic mass is 16.5. The summed E-state index contributed by atoms with van der Waals surface area (Å²) < 4.78 is 10.4. The van der Waals surface area contributed by atoms with E-state index in [9.17, 15) is 4.79 Å². The Hall–Kier alpha value is -1.91. The Balaban J connectivity index is 2.84. The van der Waals surface area contributed by atoms with Gasteiger partial charge in [0, 0.05) is 6.07 Å². The van der Waals surface area contributed by atoms with Crippen molar-refractivity contribution < 1.29 is 14.3 Å². The van der Waals surface area contributed by atoms with E-state index in [2.05, 4.69) is 0 Å². The molecule has 0 bridgehead atoms. The maximum Gasteiger partial charge on any atom is 0.258 e. The van der Waals surface area contributed by atoms with Crippen LogP contribution in [-0.4, -0.2) is 19.1 Å². The van der Waals surface area contributed by atoms with Crippen molar-refractivity contribution >= 4 is 11.6 Å². The minimum Gasteiger partial charge on any atom is -0.497 e. The van der Waals surface area contributed by atoms with Gasteiger partial charge >= 0.3 is 0 Å². The SMILES string of the molecule is CCC(Oc1ccc(OC)cc1N)C(N)=O. The van der Waals surface area contributed by atoms with Gasteiger partial charge in [0.15, 0.2) is 6.10 Å². The van der Waals surface area contributed by atoms with E-state index in [-0.39, 0.29) is 0 Å². The summed E-state index contributed by atoms with van der Waals surface area (Å²) in [6, 6.07) is 4.99. The summed E-state index contributed by atoms with van der Waals surface area (Å²) >= 11 is 0. The molecule has 0 aliphatic heterocycles. The summed E-state index contributed by atoms with van der Waals surface area (Å²) in [5.74, 6) is 0.571. The van der Waals surface area contributed by atoms with Crippen molar-refractivity contribution in [2.75, 3.05) is 12.8 Å². The molecule has 4 N–H and O–H groups in total. The maximum atomic E-state index is 11.0. The number of benzene rings is 1. The Morgan fingerprint density at radius 2 is 2.19 bits per heavy atom. The van der Waals surface area contributed by atoms with Gasteiger partial charge in [0.1, 0.15) is 11.5 Å². The predicted molar refractivity (Wildman–Crippen MR) is 61.3 cm³/mol. The lowest BCUT2D eigenvalue weighted by Crippen LogP contribution is -2.33. The number of hydrogen-bond donors (Lipinski definition) is 2. The summed E-state index contributed by atoms with van der Waals surface area (Å²) in [4.78, 5) is 11.0. The van der Waals surface area contributed by atoms with Gasteiger partial charge in [-0.15, -0.1) is 0 Å². The lowest BCUT2D eigenvalue weighted by Gasteiger charge is -2.15. The van der Waals surface area contributed by atoms with E-state index in [1.54, 1.807) is 25.3 Å². The van der Waals surface area contributed by atoms with E-state index in [1.165, 1.54) is 0 Å². The molecule has 1 atom stereocenters. The molecule has 0 aromatic heterocycles. The molecule has 0 radical (unpaired) electrons. The van der Waals surface area contributed by atoms with Crippen LogP contribution in [0.5, 0.6) is 11.5 Å². The molecular formula is C11H16N2O3. The van der Waals surface area contributed by atoms with E-state index in [4.69, 9.17) is 20.9 Å². The Morgan fingerprint density at radius 3 is 2.62 bits per heavy atom. The largest absolute Gasteiger partial charge is 0.497 e. The van der Waals surface area contributed by atoms with Crippen LogP contribution in [0.3, 0.4) is 0 Å². The van der Waals surface area contributed by atoms with Crippen LogP contribution < -0.4 is 20.9 Å². The first-order valence-corrected chi connectivity index (χ1v) is 4.98. The summed E-state index contributed by atoms with van der Waals surface area (Å²) in [5.41, 5.74) is 11.3. The van der Waals surface area contributed by atoms with Gasteiger partial charge in [0.25, 0.3) is 5.91 Å². The number of nitrogens with two attached hydrogens (primary N) is 2. The average Bonchev–Trinajstić information content (AvgIpc) is 2.26. The van der Waals surface area contributed by atoms with Crippen LogP contribution in [0, 0.1) is 0 Å². The third kappa shape index (κ3) is 2.79. The van der Waals surface area contributed by atoms with Crippen LogP contribution in [0.1, 0.15) is 13.3 Å². The van der Waals surface area contributed by atoms with E-state index >= 15 is 0 Å². The molecule has 16 heavy (non-hydrogen) atoms. The summed E-state index contributed by atoms with van der Waals surface area (Å²) in [7, 11) is 1.55. The first-order valence-electron chi connectivity index (χ1n) is 4.98. The van der Waals surface area contributed by atoms with Crippen molar-refractivity contribution in [1.29, 1.82) is 0 Å². The predicted octanol–water partition coefficient (Wildman–Crippen LogP) is 0.920. The topological polar surface area (TPSA) is 87.6 Å². The van der Waals surface area contributed by atoms with E-state index < -0.39 is 12.0 Å². The number of carbonyl (C=O) groups is 1. The highest BCUT2D eigenvalue weighted by Crippen LogP contribution is 2.27. The van der Waals surface area contributed by atoms with Crippen molar-refractivity contribution in [3.63, 3.8) is 0 Å². The number of rotatable bonds is 5. The van der Waals surface area contributed by atoms with E-state index in [1.807, 2.05) is 6.92 Å². The molecule has 1 amide bonds. The van der Waals surface area contributed by atoms with Crippen molar-refractivity contribution in [3.05, 3.63) is 18.2 Å². The van der Waals surface area contributed by atoms with Gasteiger partial charge in [-0.25, -0.2) is 0 Å². The fourth-order valence-electron chi connectivity index (χ4n) is 1.26. The number of primary amides is 1. The molecule has 0 fully saturated rings. The van der Waals surface area contributed by atoms with Crippen molar-refractivity contribution in [2.45, 2.75) is 19.4 Å². The molecule has 0 heterocycles. The lowest BCUT2D eigenvalue weighted by atomic mass is 10.2. The van der Waals surface area contributed by atoms with Gasteiger partial charge in [-0.1, -0.05) is 6.92 Å². The first-order chi connectivity index (χ1) is 7.58. The second-order valence-electron chi connectivity index (χ2n) is 3.32. The molecule has 5 heteroatoms. The number of ether oxygens (including phenoxy) is 2. The number of anilines is 1. The second-order valence-corrected chi connectivity index (χ2v) is 3.32. The molecule has 0 saturated carbocycles. The fourth-order valence-corrected chi connectivity index (χ4v) is 1.26. The van der Waals surface area contributed by atoms with Gasteiger partial charge in [-0.05, 0) is 18.6 Å². The Labute approximate surface area is 94.3 Å². The lowest BCUT2D eigenvalue weighted by molar-refractivity contribution is -0.124. The summed E-state index contributed by atoms with van der Waals surface area (Å²) in [5, 5.41) is 0. The minimum atomic E-state index is -0.657. The zero-order valence-electron chi connectivity index (χ0n) is 9.40. The third-order valence-corrected chi connectivity index (χ3v) is 2.17. The minimum absolute atomic E-state index is 0.416. The third-order valence-electron chi connectivity index (χ3n) is 2.17. The van der Waals surface area contributed by atoms with Gasteiger partial charge in [0.05, 0.1) is 12.8 Å². The number of nitrogen functional groups attached to an aromatic ring is 1. The quantitative estimate of drug-likeness (QED) is 0.728. The molecule has 0 aliphatic rings. The van der Waals surface area contributed by atoms with Crippen LogP contribution in [0.2, 0.25) is 0 Å². The molecule has 0 aliphatic carbocycles. The highest BCUT2D eigenvalue weighted by Gasteiger charge is 2.15. The first kappa shape index (κ1) is 12.2. The average molecular weight is 224 g/mol. The Kier molecular flexibility index (Phi) is 3.99. The Bertz CT molecular complexity index is 379. The molecule has 1 aromatic carbocycles. The van der Waals surface area contributed by atoms with Gasteiger partial charge in [-0.2, -0.15) is 0 Å². The molecule has 88 valence electrons. The molecule has 5 nitrogen and oxygen atoms in total. The van der Waals surface area contributed by atoms with Crippen LogP contribution in [0.25, 0.3) is 0 Å². The number of amides is 1. The fraction of sp³-hybridized carbons (Fsp3) is 0.364. The zero-order chi connectivity index (χ0) is 12.1. The van der Waals surface area contributed by atoms with E-state index in [0.29, 0.717) is 23.6 Å². The number of hydrogen-bond acceptors (Lipinski definition) is 4. The molecule has 1 aromatic rings. The molecule has 0 spiro atoms. The van der Waals surface area contributed by atoms with Gasteiger partial charge < -0.3 is 20.9 Å². The molecular weight excluding hydrogens is 208 g/mol. The number of carbonyl (C=O) groups excluding carboxylic acids is 1. The van der Waals surface area contributed by atoms with Crippen LogP contribution in [-0.2, 0) is 4.79 Å². The molecule has 1 unspecified atom stereocenters. The van der Waals surface area contributed by atoms with Gasteiger partial charge in [-0.3, -0.25) is 4.79 Å². The van der Waals surface area contributed by atoms with Crippen LogP contribution in [0.15, 0.2) is 18.2 Å². The molecule has 1 rings (SSSR count). The van der Waals surface area contributed by atoms with Gasteiger partial charge in [0.2, 0.25) is 0 Å². The van der Waals surface area contributed by atoms with Crippen LogP contribution >= 0.6 is 0 Å². The Morgan fingerprint density at radius 1 is 1.50 bits per heavy atom. The highest BCUT2D eigenvalue weighted by molar-refractivity contribution is 5.79. The summed E-state index contributed by atoms with van der Waals surface area (Å²) in [6.07, 6.45) is -0.156. The van der Waals surface area contributed by atoms with Crippen molar-refractivity contribution in [3.8, 4) is 11.5 Å². The zero-order valence-corrected chi connectivity index (χ0v) is 9.40. The van der Waals surface area contributed by atoms with Crippen molar-refractivity contribution in [2.24, 2.45) is 5.73 Å². The normalized spacial score (nSPS) is 11.9. The van der Waals surface area contributed by atoms with Crippen LogP contribution in [0.4, 0.5) is 5.69 Å². The molecule has 0 saturated heterocycles. The van der Waals surface area contributed by atoms with E-state index in [0.717, 1.165) is 0 Å². The number of methoxy groups -OCH3 is 1. The maximum absolute atomic E-state index is 11.0. The standard InChI is InChI=1S/C11H16N2O3/c1-3-9(11(13)14)16-10-5-4-7(15-2)6-8(10)12/h4-6,9H,3,12H2,1-2H3,(H2,13,14).